The Labute approximate surface area is 162 Å². The monoisotopic (exact) mass is 376 g/mol. The van der Waals surface area contributed by atoms with Gasteiger partial charge in [0.2, 0.25) is 0 Å². The van der Waals surface area contributed by atoms with Crippen molar-refractivity contribution in [1.29, 1.82) is 0 Å². The lowest BCUT2D eigenvalue weighted by Gasteiger charge is -2.50. The Morgan fingerprint density at radius 1 is 1.04 bits per heavy atom. The van der Waals surface area contributed by atoms with Crippen LogP contribution in [0.3, 0.4) is 0 Å². The molecule has 1 heterocycles. The van der Waals surface area contributed by atoms with E-state index in [1.54, 1.807) is 0 Å². The SMILES string of the molecule is COC(=O)[C@@]12CCCC[C@]1(O)Oc1c(cc(C(C)(C)C)cc1C(C)(C)C)O2. The lowest BCUT2D eigenvalue weighted by Crippen LogP contribution is -2.69. The summed E-state index contributed by atoms with van der Waals surface area (Å²) in [6.45, 7) is 12.7. The average molecular weight is 376 g/mol. The third-order valence-electron chi connectivity index (χ3n) is 5.72. The molecule has 5 heteroatoms. The standard InChI is InChI=1S/C22H32O5/c1-19(2,3)14-12-15(20(4,5)6)17-16(13-14)26-21(18(23)25-7)10-8-9-11-22(21,24)27-17/h12-13,24H,8-11H2,1-7H3/t21-,22-/m0/s1. The summed E-state index contributed by atoms with van der Waals surface area (Å²) in [6.07, 6.45) is 2.21. The summed E-state index contributed by atoms with van der Waals surface area (Å²) in [6, 6.07) is 4.06. The van der Waals surface area contributed by atoms with Gasteiger partial charge in [0, 0.05) is 18.4 Å². The van der Waals surface area contributed by atoms with Gasteiger partial charge < -0.3 is 19.3 Å². The topological polar surface area (TPSA) is 65.0 Å². The maximum absolute atomic E-state index is 12.7. The minimum absolute atomic E-state index is 0.100. The Bertz CT molecular complexity index is 755. The second-order valence-corrected chi connectivity index (χ2v) is 9.87. The first-order chi connectivity index (χ1) is 12.3. The van der Waals surface area contributed by atoms with Crippen molar-refractivity contribution in [3.63, 3.8) is 0 Å². The van der Waals surface area contributed by atoms with E-state index >= 15 is 0 Å². The van der Waals surface area contributed by atoms with E-state index in [0.29, 0.717) is 24.3 Å². The van der Waals surface area contributed by atoms with E-state index in [0.717, 1.165) is 24.0 Å². The van der Waals surface area contributed by atoms with Gasteiger partial charge in [-0.15, -0.1) is 0 Å². The minimum Gasteiger partial charge on any atom is -0.466 e. The molecule has 2 aliphatic rings. The Hall–Kier alpha value is -1.75. The van der Waals surface area contributed by atoms with Crippen LogP contribution >= 0.6 is 0 Å². The molecular weight excluding hydrogens is 344 g/mol. The molecule has 0 radical (unpaired) electrons. The molecule has 0 spiro atoms. The Balaban J connectivity index is 2.25. The predicted molar refractivity (Wildman–Crippen MR) is 103 cm³/mol. The van der Waals surface area contributed by atoms with Crippen LogP contribution < -0.4 is 9.47 Å². The van der Waals surface area contributed by atoms with E-state index in [9.17, 15) is 9.90 Å². The van der Waals surface area contributed by atoms with Crippen molar-refractivity contribution in [3.8, 4) is 11.5 Å². The van der Waals surface area contributed by atoms with E-state index in [1.165, 1.54) is 7.11 Å². The van der Waals surface area contributed by atoms with Crippen LogP contribution in [0.5, 0.6) is 11.5 Å². The van der Waals surface area contributed by atoms with Crippen molar-refractivity contribution in [3.05, 3.63) is 23.3 Å². The van der Waals surface area contributed by atoms with Gasteiger partial charge in [-0.05, 0) is 35.3 Å². The molecule has 0 amide bonds. The maximum atomic E-state index is 12.7. The molecule has 5 nitrogen and oxygen atoms in total. The zero-order valence-electron chi connectivity index (χ0n) is 17.6. The van der Waals surface area contributed by atoms with Crippen molar-refractivity contribution in [2.24, 2.45) is 0 Å². The van der Waals surface area contributed by atoms with Gasteiger partial charge in [0.15, 0.2) is 11.5 Å². The van der Waals surface area contributed by atoms with Crippen LogP contribution in [0.4, 0.5) is 0 Å². The summed E-state index contributed by atoms with van der Waals surface area (Å²) in [5, 5.41) is 11.4. The van der Waals surface area contributed by atoms with Crippen molar-refractivity contribution in [2.45, 2.75) is 89.4 Å². The molecule has 1 saturated carbocycles. The first-order valence-electron chi connectivity index (χ1n) is 9.72. The highest BCUT2D eigenvalue weighted by Gasteiger charge is 2.65. The molecule has 1 fully saturated rings. The number of carbonyl (C=O) groups excluding carboxylic acids is 1. The summed E-state index contributed by atoms with van der Waals surface area (Å²) in [5.41, 5.74) is 0.208. The molecule has 1 N–H and O–H groups in total. The highest BCUT2D eigenvalue weighted by atomic mass is 16.7. The Kier molecular flexibility index (Phi) is 4.54. The lowest BCUT2D eigenvalue weighted by molar-refractivity contribution is -0.277. The second-order valence-electron chi connectivity index (χ2n) is 9.87. The number of rotatable bonds is 1. The summed E-state index contributed by atoms with van der Waals surface area (Å²) in [7, 11) is 1.32. The molecule has 150 valence electrons. The number of benzene rings is 1. The van der Waals surface area contributed by atoms with Crippen LogP contribution in [0.15, 0.2) is 12.1 Å². The first-order valence-corrected chi connectivity index (χ1v) is 9.72. The number of fused-ring (bicyclic) bond motifs is 2. The number of methoxy groups -OCH3 is 1. The van der Waals surface area contributed by atoms with Gasteiger partial charge in [-0.2, -0.15) is 0 Å². The normalized spacial score (nSPS) is 27.7. The molecule has 27 heavy (non-hydrogen) atoms. The van der Waals surface area contributed by atoms with Crippen LogP contribution in [0.25, 0.3) is 0 Å². The number of ether oxygens (including phenoxy) is 3. The highest BCUT2D eigenvalue weighted by molar-refractivity contribution is 5.82. The maximum Gasteiger partial charge on any atom is 0.357 e. The summed E-state index contributed by atoms with van der Waals surface area (Å²) < 4.78 is 17.5. The van der Waals surface area contributed by atoms with E-state index in [2.05, 4.69) is 47.6 Å². The van der Waals surface area contributed by atoms with E-state index < -0.39 is 17.4 Å². The van der Waals surface area contributed by atoms with Crippen molar-refractivity contribution >= 4 is 5.97 Å². The van der Waals surface area contributed by atoms with Crippen molar-refractivity contribution < 1.29 is 24.1 Å². The van der Waals surface area contributed by atoms with Gasteiger partial charge in [0.05, 0.1) is 7.11 Å². The first kappa shape index (κ1) is 20.0. The van der Waals surface area contributed by atoms with Crippen molar-refractivity contribution in [1.82, 2.24) is 0 Å². The molecule has 0 unspecified atom stereocenters. The largest absolute Gasteiger partial charge is 0.466 e. The molecule has 0 aromatic heterocycles. The highest BCUT2D eigenvalue weighted by Crippen LogP contribution is 2.53. The zero-order chi connectivity index (χ0) is 20.3. The number of esters is 1. The van der Waals surface area contributed by atoms with Crippen LogP contribution in [0.1, 0.15) is 78.4 Å². The quantitative estimate of drug-likeness (QED) is 0.743. The lowest BCUT2D eigenvalue weighted by atomic mass is 9.76. The third-order valence-corrected chi connectivity index (χ3v) is 5.72. The van der Waals surface area contributed by atoms with Crippen LogP contribution in [0.2, 0.25) is 0 Å². The minimum atomic E-state index is -1.73. The molecule has 0 saturated heterocycles. The van der Waals surface area contributed by atoms with Gasteiger partial charge in [-0.25, -0.2) is 4.79 Å². The molecule has 1 aromatic carbocycles. The molecule has 1 aromatic rings. The van der Waals surface area contributed by atoms with Crippen molar-refractivity contribution in [2.75, 3.05) is 7.11 Å². The molecular formula is C22H32O5. The predicted octanol–water partition coefficient (Wildman–Crippen LogP) is 4.23. The summed E-state index contributed by atoms with van der Waals surface area (Å²) in [5.74, 6) is -1.29. The summed E-state index contributed by atoms with van der Waals surface area (Å²) >= 11 is 0. The molecule has 1 aliphatic heterocycles. The fraction of sp³-hybridized carbons (Fsp3) is 0.682. The van der Waals surface area contributed by atoms with Gasteiger partial charge in [-0.3, -0.25) is 0 Å². The van der Waals surface area contributed by atoms with Crippen LogP contribution in [0, 0.1) is 0 Å². The molecule has 2 atom stereocenters. The van der Waals surface area contributed by atoms with Gasteiger partial charge in [-0.1, -0.05) is 47.6 Å². The number of aliphatic hydroxyl groups is 1. The Morgan fingerprint density at radius 2 is 1.67 bits per heavy atom. The number of hydrogen-bond acceptors (Lipinski definition) is 5. The van der Waals surface area contributed by atoms with Gasteiger partial charge in [0.1, 0.15) is 0 Å². The zero-order valence-corrected chi connectivity index (χ0v) is 17.6. The second kappa shape index (κ2) is 6.13. The van der Waals surface area contributed by atoms with Gasteiger partial charge >= 0.3 is 5.97 Å². The van der Waals surface area contributed by atoms with Gasteiger partial charge in [0.25, 0.3) is 11.4 Å². The van der Waals surface area contributed by atoms with E-state index in [1.807, 2.05) is 6.07 Å². The fourth-order valence-electron chi connectivity index (χ4n) is 4.00. The van der Waals surface area contributed by atoms with Crippen LogP contribution in [-0.2, 0) is 20.4 Å². The molecule has 3 rings (SSSR count). The van der Waals surface area contributed by atoms with E-state index in [4.69, 9.17) is 14.2 Å². The summed E-state index contributed by atoms with van der Waals surface area (Å²) in [4.78, 5) is 12.7. The number of hydrogen-bond donors (Lipinski definition) is 1. The smallest absolute Gasteiger partial charge is 0.357 e. The third kappa shape index (κ3) is 3.10. The molecule has 1 aliphatic carbocycles. The fourth-order valence-corrected chi connectivity index (χ4v) is 4.00. The average Bonchev–Trinajstić information content (AvgIpc) is 2.55. The molecule has 0 bridgehead atoms. The number of carbonyl (C=O) groups is 1. The Morgan fingerprint density at radius 3 is 2.22 bits per heavy atom. The van der Waals surface area contributed by atoms with E-state index in [-0.39, 0.29) is 10.8 Å². The van der Waals surface area contributed by atoms with Crippen LogP contribution in [-0.4, -0.2) is 29.6 Å².